The van der Waals surface area contributed by atoms with E-state index < -0.39 is 4.87 Å². The zero-order chi connectivity index (χ0) is 11.1. The Morgan fingerprint density at radius 2 is 1.93 bits per heavy atom. The molecule has 0 fully saturated rings. The molecule has 1 aliphatic rings. The molecule has 1 aromatic rings. The van der Waals surface area contributed by atoms with Gasteiger partial charge in [-0.2, -0.15) is 10.1 Å². The fourth-order valence-electron chi connectivity index (χ4n) is 1.39. The van der Waals surface area contributed by atoms with Crippen molar-refractivity contribution in [1.29, 1.82) is 0 Å². The summed E-state index contributed by atoms with van der Waals surface area (Å²) in [7, 11) is 0. The van der Waals surface area contributed by atoms with Gasteiger partial charge in [-0.25, -0.2) is 0 Å². The van der Waals surface area contributed by atoms with Gasteiger partial charge < -0.3 is 0 Å². The van der Waals surface area contributed by atoms with Gasteiger partial charge in [0.05, 0.1) is 11.4 Å². The second-order valence-corrected chi connectivity index (χ2v) is 4.40. The van der Waals surface area contributed by atoms with Crippen LogP contribution in [0, 0.1) is 0 Å². The van der Waals surface area contributed by atoms with Crippen molar-refractivity contribution in [3.8, 4) is 0 Å². The highest BCUT2D eigenvalue weighted by Crippen LogP contribution is 2.30. The lowest BCUT2D eigenvalue weighted by atomic mass is 10.1. The Balaban J connectivity index is 2.40. The van der Waals surface area contributed by atoms with E-state index in [9.17, 15) is 4.79 Å². The summed E-state index contributed by atoms with van der Waals surface area (Å²) in [5.74, 6) is -0.201. The van der Waals surface area contributed by atoms with Gasteiger partial charge >= 0.3 is 0 Å². The average molecular weight is 223 g/mol. The zero-order valence-electron chi connectivity index (χ0n) is 8.57. The van der Waals surface area contributed by atoms with Crippen LogP contribution >= 0.6 is 11.6 Å². The summed E-state index contributed by atoms with van der Waals surface area (Å²) in [6, 6.07) is 9.26. The number of halogens is 1. The minimum absolute atomic E-state index is 0.201. The van der Waals surface area contributed by atoms with E-state index in [1.54, 1.807) is 13.8 Å². The summed E-state index contributed by atoms with van der Waals surface area (Å²) >= 11 is 6.09. The molecule has 0 unspecified atom stereocenters. The number of hydrazone groups is 1. The highest BCUT2D eigenvalue weighted by atomic mass is 35.5. The van der Waals surface area contributed by atoms with Crippen LogP contribution in [0.2, 0.25) is 0 Å². The van der Waals surface area contributed by atoms with Crippen molar-refractivity contribution in [3.05, 3.63) is 30.3 Å². The molecular weight excluding hydrogens is 212 g/mol. The molecule has 0 aromatic heterocycles. The van der Waals surface area contributed by atoms with E-state index in [1.165, 1.54) is 5.01 Å². The van der Waals surface area contributed by atoms with Gasteiger partial charge in [0.1, 0.15) is 0 Å². The first-order chi connectivity index (χ1) is 7.03. The number of benzene rings is 1. The Bertz CT molecular complexity index is 425. The number of rotatable bonds is 1. The molecule has 0 saturated carbocycles. The van der Waals surface area contributed by atoms with Gasteiger partial charge in [-0.05, 0) is 26.0 Å². The first-order valence-electron chi connectivity index (χ1n) is 4.67. The Morgan fingerprint density at radius 1 is 1.33 bits per heavy atom. The number of para-hydroxylation sites is 1. The summed E-state index contributed by atoms with van der Waals surface area (Å²) in [5, 5.41) is 5.51. The summed E-state index contributed by atoms with van der Waals surface area (Å²) < 4.78 is 0. The highest BCUT2D eigenvalue weighted by molar-refractivity contribution is 6.50. The largest absolute Gasteiger partial charge is 0.274 e. The Hall–Kier alpha value is -1.35. The number of hydrogen-bond acceptors (Lipinski definition) is 2. The van der Waals surface area contributed by atoms with Crippen LogP contribution in [0.15, 0.2) is 35.4 Å². The molecule has 1 atom stereocenters. The van der Waals surface area contributed by atoms with Crippen molar-refractivity contribution in [2.75, 3.05) is 5.01 Å². The molecule has 1 aromatic carbocycles. The minimum Gasteiger partial charge on any atom is -0.270 e. The molecule has 0 bridgehead atoms. The smallest absolute Gasteiger partial charge is 0.270 e. The van der Waals surface area contributed by atoms with Crippen LogP contribution in [0.3, 0.4) is 0 Å². The van der Waals surface area contributed by atoms with E-state index in [-0.39, 0.29) is 5.91 Å². The number of alkyl halides is 1. The predicted octanol–water partition coefficient (Wildman–Crippen LogP) is 2.41. The monoisotopic (exact) mass is 222 g/mol. The first-order valence-corrected chi connectivity index (χ1v) is 5.05. The molecule has 0 saturated heterocycles. The highest BCUT2D eigenvalue weighted by Gasteiger charge is 2.44. The minimum atomic E-state index is -1.00. The molecule has 2 rings (SSSR count). The number of hydrogen-bond donors (Lipinski definition) is 0. The predicted molar refractivity (Wildman–Crippen MR) is 61.3 cm³/mol. The second kappa shape index (κ2) is 3.35. The van der Waals surface area contributed by atoms with Gasteiger partial charge in [-0.1, -0.05) is 18.2 Å². The molecule has 15 heavy (non-hydrogen) atoms. The molecule has 4 heteroatoms. The van der Waals surface area contributed by atoms with Crippen LogP contribution in [0.1, 0.15) is 13.8 Å². The van der Waals surface area contributed by atoms with E-state index in [0.29, 0.717) is 5.71 Å². The van der Waals surface area contributed by atoms with Crippen molar-refractivity contribution in [3.63, 3.8) is 0 Å². The Labute approximate surface area is 93.3 Å². The van der Waals surface area contributed by atoms with E-state index in [0.717, 1.165) is 5.69 Å². The van der Waals surface area contributed by atoms with Gasteiger partial charge in [-0.3, -0.25) is 4.79 Å². The van der Waals surface area contributed by atoms with Crippen molar-refractivity contribution in [1.82, 2.24) is 0 Å². The molecule has 0 spiro atoms. The molecule has 0 aliphatic carbocycles. The second-order valence-electron chi connectivity index (χ2n) is 3.64. The van der Waals surface area contributed by atoms with Crippen LogP contribution in [0.25, 0.3) is 0 Å². The maximum atomic E-state index is 11.9. The third-order valence-electron chi connectivity index (χ3n) is 2.52. The van der Waals surface area contributed by atoms with Crippen molar-refractivity contribution < 1.29 is 4.79 Å². The molecule has 78 valence electrons. The summed E-state index contributed by atoms with van der Waals surface area (Å²) in [4.78, 5) is 10.9. The fourth-order valence-corrected chi connectivity index (χ4v) is 1.50. The number of nitrogens with zero attached hydrogens (tertiary/aromatic N) is 2. The fraction of sp³-hybridized carbons (Fsp3) is 0.273. The first kappa shape index (κ1) is 10.2. The van der Waals surface area contributed by atoms with Gasteiger partial charge in [-0.15, -0.1) is 11.6 Å². The number of carbonyl (C=O) groups is 1. The standard InChI is InChI=1S/C11H11ClN2O/c1-8-11(2,12)10(15)14(13-8)9-6-4-3-5-7-9/h3-7H,1-2H3/t11-/m1/s1. The maximum absolute atomic E-state index is 11.9. The SMILES string of the molecule is CC1=NN(c2ccccc2)C(=O)[C@]1(C)Cl. The molecule has 1 heterocycles. The molecule has 1 amide bonds. The van der Waals surface area contributed by atoms with Gasteiger partial charge in [0.25, 0.3) is 5.91 Å². The lowest BCUT2D eigenvalue weighted by Crippen LogP contribution is -2.37. The third-order valence-corrected chi connectivity index (χ3v) is 2.96. The quantitative estimate of drug-likeness (QED) is 0.672. The lowest BCUT2D eigenvalue weighted by molar-refractivity contribution is -0.118. The molecule has 0 radical (unpaired) electrons. The van der Waals surface area contributed by atoms with Gasteiger partial charge in [0, 0.05) is 0 Å². The van der Waals surface area contributed by atoms with Crippen molar-refractivity contribution in [2.45, 2.75) is 18.7 Å². The van der Waals surface area contributed by atoms with Crippen molar-refractivity contribution in [2.24, 2.45) is 5.10 Å². The number of anilines is 1. The summed E-state index contributed by atoms with van der Waals surface area (Å²) in [5.41, 5.74) is 1.37. The van der Waals surface area contributed by atoms with Crippen LogP contribution in [-0.4, -0.2) is 16.5 Å². The summed E-state index contributed by atoms with van der Waals surface area (Å²) in [6.07, 6.45) is 0. The molecular formula is C11H11ClN2O. The molecule has 0 N–H and O–H groups in total. The summed E-state index contributed by atoms with van der Waals surface area (Å²) in [6.45, 7) is 3.42. The van der Waals surface area contributed by atoms with Crippen LogP contribution in [0.4, 0.5) is 5.69 Å². The van der Waals surface area contributed by atoms with Crippen LogP contribution < -0.4 is 5.01 Å². The van der Waals surface area contributed by atoms with E-state index in [1.807, 2.05) is 30.3 Å². The van der Waals surface area contributed by atoms with Gasteiger partial charge in [0.15, 0.2) is 4.87 Å². The van der Waals surface area contributed by atoms with E-state index in [4.69, 9.17) is 11.6 Å². The lowest BCUT2D eigenvalue weighted by Gasteiger charge is -2.16. The maximum Gasteiger partial charge on any atom is 0.274 e. The number of amides is 1. The van der Waals surface area contributed by atoms with Crippen LogP contribution in [0.5, 0.6) is 0 Å². The Morgan fingerprint density at radius 3 is 2.40 bits per heavy atom. The Kier molecular flexibility index (Phi) is 2.27. The average Bonchev–Trinajstić information content (AvgIpc) is 2.44. The van der Waals surface area contributed by atoms with Gasteiger partial charge in [0.2, 0.25) is 0 Å². The molecule has 1 aliphatic heterocycles. The molecule has 3 nitrogen and oxygen atoms in total. The third kappa shape index (κ3) is 1.53. The van der Waals surface area contributed by atoms with Crippen molar-refractivity contribution >= 4 is 28.9 Å². The number of carbonyl (C=O) groups excluding carboxylic acids is 1. The van der Waals surface area contributed by atoms with E-state index >= 15 is 0 Å². The van der Waals surface area contributed by atoms with E-state index in [2.05, 4.69) is 5.10 Å². The topological polar surface area (TPSA) is 32.7 Å². The normalized spacial score (nSPS) is 25.7. The van der Waals surface area contributed by atoms with Crippen LogP contribution in [-0.2, 0) is 4.79 Å². The zero-order valence-corrected chi connectivity index (χ0v) is 9.32.